The average molecular weight is 267 g/mol. The van der Waals surface area contributed by atoms with E-state index in [1.807, 2.05) is 0 Å². The topological polar surface area (TPSA) is 95.2 Å². The molecule has 0 aliphatic rings. The molecule has 0 aromatic heterocycles. The predicted octanol–water partition coefficient (Wildman–Crippen LogP) is 1.39. The summed E-state index contributed by atoms with van der Waals surface area (Å²) in [6.45, 7) is 1.63. The van der Waals surface area contributed by atoms with Gasteiger partial charge in [0.25, 0.3) is 0 Å². The first-order valence-corrected chi connectivity index (χ1v) is 6.90. The van der Waals surface area contributed by atoms with E-state index in [2.05, 4.69) is 0 Å². The number of carboxylic acids is 1. The molecule has 0 spiro atoms. The van der Waals surface area contributed by atoms with E-state index >= 15 is 0 Å². The highest BCUT2D eigenvalue weighted by Crippen LogP contribution is 2.18. The highest BCUT2D eigenvalue weighted by atomic mass is 32.2. The van der Waals surface area contributed by atoms with Crippen LogP contribution in [0.4, 0.5) is 0 Å². The Morgan fingerprint density at radius 3 is 2.33 bits per heavy atom. The van der Waals surface area contributed by atoms with Gasteiger partial charge in [-0.25, -0.2) is 8.42 Å². The molecule has 1 N–H and O–H groups in total. The van der Waals surface area contributed by atoms with Crippen molar-refractivity contribution in [3.8, 4) is 6.07 Å². The number of carboxylic acid groups (broad SMARTS) is 1. The summed E-state index contributed by atoms with van der Waals surface area (Å²) in [5.74, 6) is -0.978. The van der Waals surface area contributed by atoms with E-state index in [1.165, 1.54) is 24.3 Å². The maximum atomic E-state index is 12.0. The number of carbonyl (C=O) groups is 1. The van der Waals surface area contributed by atoms with Crippen LogP contribution in [0.2, 0.25) is 0 Å². The van der Waals surface area contributed by atoms with Crippen LogP contribution in [0.25, 0.3) is 0 Å². The lowest BCUT2D eigenvalue weighted by Gasteiger charge is -2.08. The van der Waals surface area contributed by atoms with Crippen molar-refractivity contribution in [1.29, 1.82) is 5.26 Å². The van der Waals surface area contributed by atoms with Gasteiger partial charge in [-0.05, 0) is 24.1 Å². The smallest absolute Gasteiger partial charge is 0.307 e. The van der Waals surface area contributed by atoms with E-state index in [9.17, 15) is 13.2 Å². The number of nitrogens with zero attached hydrogens (tertiary/aromatic N) is 1. The first-order valence-electron chi connectivity index (χ1n) is 5.36. The van der Waals surface area contributed by atoms with Crippen LogP contribution in [0.3, 0.4) is 0 Å². The summed E-state index contributed by atoms with van der Waals surface area (Å²) in [4.78, 5) is 10.5. The van der Waals surface area contributed by atoms with Crippen LogP contribution >= 0.6 is 0 Å². The first-order chi connectivity index (χ1) is 8.41. The minimum absolute atomic E-state index is 0.0463. The minimum atomic E-state index is -3.65. The zero-order valence-electron chi connectivity index (χ0n) is 9.83. The zero-order valence-corrected chi connectivity index (χ0v) is 10.6. The van der Waals surface area contributed by atoms with Crippen LogP contribution in [0.1, 0.15) is 18.9 Å². The normalized spacial score (nSPS) is 12.7. The van der Waals surface area contributed by atoms with E-state index in [1.54, 1.807) is 13.0 Å². The van der Waals surface area contributed by atoms with Crippen molar-refractivity contribution in [1.82, 2.24) is 0 Å². The SMILES string of the molecule is CCC(C#N)S(=O)(=O)c1ccc(CC(=O)O)cc1. The lowest BCUT2D eigenvalue weighted by molar-refractivity contribution is -0.136. The van der Waals surface area contributed by atoms with Gasteiger partial charge < -0.3 is 5.11 Å². The number of rotatable bonds is 5. The summed E-state index contributed by atoms with van der Waals surface area (Å²) in [5.41, 5.74) is 0.520. The van der Waals surface area contributed by atoms with Gasteiger partial charge in [0, 0.05) is 0 Å². The Labute approximate surface area is 106 Å². The maximum Gasteiger partial charge on any atom is 0.307 e. The molecule has 1 aromatic carbocycles. The molecule has 1 aromatic rings. The van der Waals surface area contributed by atoms with E-state index in [0.717, 1.165) is 0 Å². The summed E-state index contributed by atoms with van der Waals surface area (Å²) in [6.07, 6.45) is 0.0610. The standard InChI is InChI=1S/C12H13NO4S/c1-2-10(8-13)18(16,17)11-5-3-9(4-6-11)7-12(14)15/h3-6,10H,2,7H2,1H3,(H,14,15). The molecule has 0 saturated carbocycles. The van der Waals surface area contributed by atoms with Gasteiger partial charge in [-0.3, -0.25) is 4.79 Å². The summed E-state index contributed by atoms with van der Waals surface area (Å²) in [7, 11) is -3.65. The molecule has 0 heterocycles. The third-order valence-electron chi connectivity index (χ3n) is 2.50. The third-order valence-corrected chi connectivity index (χ3v) is 4.61. The predicted molar refractivity (Wildman–Crippen MR) is 64.7 cm³/mol. The molecular formula is C12H13NO4S. The summed E-state index contributed by atoms with van der Waals surface area (Å²) in [6, 6.07) is 7.34. The summed E-state index contributed by atoms with van der Waals surface area (Å²) in [5, 5.41) is 16.3. The lowest BCUT2D eigenvalue weighted by Crippen LogP contribution is -2.18. The molecule has 0 aliphatic carbocycles. The van der Waals surface area contributed by atoms with Crippen molar-refractivity contribution in [3.05, 3.63) is 29.8 Å². The molecular weight excluding hydrogens is 254 g/mol. The highest BCUT2D eigenvalue weighted by Gasteiger charge is 2.25. The molecule has 0 radical (unpaired) electrons. The minimum Gasteiger partial charge on any atom is -0.481 e. The number of nitriles is 1. The molecule has 1 unspecified atom stereocenters. The van der Waals surface area contributed by atoms with Gasteiger partial charge in [0.15, 0.2) is 15.1 Å². The van der Waals surface area contributed by atoms with Gasteiger partial charge in [0.05, 0.1) is 17.4 Å². The summed E-state index contributed by atoms with van der Waals surface area (Å²) >= 11 is 0. The molecule has 0 amide bonds. The Morgan fingerprint density at radius 1 is 1.39 bits per heavy atom. The van der Waals surface area contributed by atoms with Crippen LogP contribution in [-0.4, -0.2) is 24.7 Å². The molecule has 5 nitrogen and oxygen atoms in total. The Morgan fingerprint density at radius 2 is 1.94 bits per heavy atom. The van der Waals surface area contributed by atoms with Crippen molar-refractivity contribution in [2.45, 2.75) is 29.9 Å². The number of benzene rings is 1. The fourth-order valence-corrected chi connectivity index (χ4v) is 2.94. The second-order valence-electron chi connectivity index (χ2n) is 3.79. The Kier molecular flexibility index (Phi) is 4.45. The van der Waals surface area contributed by atoms with Gasteiger partial charge in [-0.15, -0.1) is 0 Å². The van der Waals surface area contributed by atoms with Gasteiger partial charge in [-0.2, -0.15) is 5.26 Å². The molecule has 0 fully saturated rings. The van der Waals surface area contributed by atoms with E-state index in [4.69, 9.17) is 10.4 Å². The highest BCUT2D eigenvalue weighted by molar-refractivity contribution is 7.92. The van der Waals surface area contributed by atoms with Gasteiger partial charge in [0.1, 0.15) is 0 Å². The summed E-state index contributed by atoms with van der Waals surface area (Å²) < 4.78 is 24.0. The number of hydrogen-bond acceptors (Lipinski definition) is 4. The molecule has 0 bridgehead atoms. The van der Waals surface area contributed by atoms with Crippen molar-refractivity contribution in [3.63, 3.8) is 0 Å². The first kappa shape index (κ1) is 14.2. The van der Waals surface area contributed by atoms with Crippen molar-refractivity contribution in [2.75, 3.05) is 0 Å². The monoisotopic (exact) mass is 267 g/mol. The number of sulfone groups is 1. The second-order valence-corrected chi connectivity index (χ2v) is 5.92. The fourth-order valence-electron chi connectivity index (χ4n) is 1.52. The number of aliphatic carboxylic acids is 1. The fraction of sp³-hybridized carbons (Fsp3) is 0.333. The Balaban J connectivity index is 3.05. The average Bonchev–Trinajstić information content (AvgIpc) is 2.30. The van der Waals surface area contributed by atoms with Crippen LogP contribution < -0.4 is 0 Å². The molecule has 0 saturated heterocycles. The largest absolute Gasteiger partial charge is 0.481 e. The van der Waals surface area contributed by atoms with Crippen LogP contribution in [0.5, 0.6) is 0 Å². The third kappa shape index (κ3) is 3.08. The lowest BCUT2D eigenvalue weighted by atomic mass is 10.2. The van der Waals surface area contributed by atoms with E-state index in [0.29, 0.717) is 5.56 Å². The Bertz CT molecular complexity index is 569. The van der Waals surface area contributed by atoms with Gasteiger partial charge in [-0.1, -0.05) is 19.1 Å². The maximum absolute atomic E-state index is 12.0. The van der Waals surface area contributed by atoms with Crippen molar-refractivity contribution < 1.29 is 18.3 Å². The number of hydrogen-bond donors (Lipinski definition) is 1. The molecule has 6 heteroatoms. The molecule has 96 valence electrons. The quantitative estimate of drug-likeness (QED) is 0.869. The van der Waals surface area contributed by atoms with Crippen molar-refractivity contribution >= 4 is 15.8 Å². The van der Waals surface area contributed by atoms with Crippen LogP contribution in [0, 0.1) is 11.3 Å². The second kappa shape index (κ2) is 5.65. The van der Waals surface area contributed by atoms with Crippen LogP contribution in [0.15, 0.2) is 29.2 Å². The van der Waals surface area contributed by atoms with E-state index in [-0.39, 0.29) is 17.7 Å². The molecule has 1 atom stereocenters. The molecule has 1 rings (SSSR count). The zero-order chi connectivity index (χ0) is 13.8. The van der Waals surface area contributed by atoms with Crippen molar-refractivity contribution in [2.24, 2.45) is 0 Å². The van der Waals surface area contributed by atoms with Gasteiger partial charge >= 0.3 is 5.97 Å². The Hall–Kier alpha value is -1.87. The molecule has 0 aliphatic heterocycles. The van der Waals surface area contributed by atoms with Gasteiger partial charge in [0.2, 0.25) is 0 Å². The van der Waals surface area contributed by atoms with E-state index < -0.39 is 21.1 Å². The van der Waals surface area contributed by atoms with Crippen LogP contribution in [-0.2, 0) is 21.1 Å². The molecule has 18 heavy (non-hydrogen) atoms.